The van der Waals surface area contributed by atoms with Crippen LogP contribution in [-0.4, -0.2) is 56.3 Å². The fourth-order valence-electron chi connectivity index (χ4n) is 2.50. The molecule has 0 aliphatic heterocycles. The van der Waals surface area contributed by atoms with Crippen LogP contribution in [-0.2, 0) is 20.7 Å². The van der Waals surface area contributed by atoms with Crippen molar-refractivity contribution in [3.8, 4) is 0 Å². The lowest BCUT2D eigenvalue weighted by atomic mass is 10.2. The van der Waals surface area contributed by atoms with Crippen LogP contribution in [0.1, 0.15) is 24.3 Å². The van der Waals surface area contributed by atoms with E-state index in [0.717, 1.165) is 29.8 Å². The fraction of sp³-hybridized carbons (Fsp3) is 0.556. The van der Waals surface area contributed by atoms with E-state index in [1.54, 1.807) is 25.6 Å². The maximum absolute atomic E-state index is 12.3. The molecule has 0 bridgehead atoms. The van der Waals surface area contributed by atoms with Crippen LogP contribution in [0, 0.1) is 0 Å². The largest absolute Gasteiger partial charge is 0.383 e. The van der Waals surface area contributed by atoms with Gasteiger partial charge in [0.1, 0.15) is 0 Å². The number of nitrogens with zero attached hydrogens (tertiary/aromatic N) is 2. The van der Waals surface area contributed by atoms with Gasteiger partial charge in [0.2, 0.25) is 5.91 Å². The molecular formula is C18H26N2O3S. The number of para-hydroxylation sites is 1. The van der Waals surface area contributed by atoms with Gasteiger partial charge in [-0.15, -0.1) is 11.3 Å². The summed E-state index contributed by atoms with van der Waals surface area (Å²) in [5.41, 5.74) is 1.07. The van der Waals surface area contributed by atoms with Crippen molar-refractivity contribution in [2.24, 2.45) is 0 Å². The highest BCUT2D eigenvalue weighted by Gasteiger charge is 2.12. The number of thiazole rings is 1. The number of benzene rings is 1. The van der Waals surface area contributed by atoms with Crippen LogP contribution in [0.3, 0.4) is 0 Å². The summed E-state index contributed by atoms with van der Waals surface area (Å²) in [6, 6.07) is 8.20. The Hall–Kier alpha value is -1.50. The predicted molar refractivity (Wildman–Crippen MR) is 97.5 cm³/mol. The highest BCUT2D eigenvalue weighted by Crippen LogP contribution is 2.22. The average molecular weight is 350 g/mol. The number of amides is 1. The first-order valence-corrected chi connectivity index (χ1v) is 9.16. The highest BCUT2D eigenvalue weighted by atomic mass is 32.1. The first-order valence-electron chi connectivity index (χ1n) is 8.34. The van der Waals surface area contributed by atoms with Crippen LogP contribution in [0.5, 0.6) is 0 Å². The van der Waals surface area contributed by atoms with Crippen molar-refractivity contribution in [1.29, 1.82) is 0 Å². The molecule has 1 aromatic carbocycles. The monoisotopic (exact) mass is 350 g/mol. The van der Waals surface area contributed by atoms with Crippen LogP contribution in [0.2, 0.25) is 0 Å². The molecule has 132 valence electrons. The summed E-state index contributed by atoms with van der Waals surface area (Å²) < 4.78 is 11.4. The van der Waals surface area contributed by atoms with Crippen molar-refractivity contribution in [2.45, 2.75) is 25.7 Å². The van der Waals surface area contributed by atoms with Gasteiger partial charge in [0.05, 0.1) is 28.4 Å². The van der Waals surface area contributed by atoms with Crippen LogP contribution in [0.25, 0.3) is 10.2 Å². The minimum Gasteiger partial charge on any atom is -0.383 e. The second-order valence-corrected chi connectivity index (χ2v) is 6.76. The quantitative estimate of drug-likeness (QED) is 0.584. The number of methoxy groups -OCH3 is 2. The minimum absolute atomic E-state index is 0.174. The van der Waals surface area contributed by atoms with Crippen molar-refractivity contribution >= 4 is 27.5 Å². The Kier molecular flexibility index (Phi) is 8.15. The Morgan fingerprint density at radius 1 is 1.12 bits per heavy atom. The number of hydrogen-bond donors (Lipinski definition) is 0. The number of hydrogen-bond acceptors (Lipinski definition) is 5. The molecule has 0 atom stereocenters. The van der Waals surface area contributed by atoms with Crippen molar-refractivity contribution in [3.63, 3.8) is 0 Å². The zero-order valence-corrected chi connectivity index (χ0v) is 15.3. The standard InChI is InChI=1S/C18H26N2O3S/c1-22-13-11-20(12-14-23-2)18(21)10-6-5-9-17-19-15-7-3-4-8-16(15)24-17/h3-4,7-8H,5-6,9-14H2,1-2H3. The summed E-state index contributed by atoms with van der Waals surface area (Å²) >= 11 is 1.75. The average Bonchev–Trinajstić information content (AvgIpc) is 3.01. The summed E-state index contributed by atoms with van der Waals surface area (Å²) in [7, 11) is 3.30. The minimum atomic E-state index is 0.174. The molecule has 2 aromatic rings. The van der Waals surface area contributed by atoms with E-state index in [-0.39, 0.29) is 5.91 Å². The van der Waals surface area contributed by atoms with E-state index in [0.29, 0.717) is 32.7 Å². The maximum Gasteiger partial charge on any atom is 0.222 e. The SMILES string of the molecule is COCCN(CCOC)C(=O)CCCCc1nc2ccccc2s1. The number of carbonyl (C=O) groups is 1. The summed E-state index contributed by atoms with van der Waals surface area (Å²) in [4.78, 5) is 18.8. The maximum atomic E-state index is 12.3. The fourth-order valence-corrected chi connectivity index (χ4v) is 3.51. The topological polar surface area (TPSA) is 51.7 Å². The van der Waals surface area contributed by atoms with E-state index in [4.69, 9.17) is 9.47 Å². The van der Waals surface area contributed by atoms with Crippen LogP contribution in [0.15, 0.2) is 24.3 Å². The van der Waals surface area contributed by atoms with Gasteiger partial charge < -0.3 is 14.4 Å². The molecule has 5 nitrogen and oxygen atoms in total. The third kappa shape index (κ3) is 5.85. The summed E-state index contributed by atoms with van der Waals surface area (Å²) in [5.74, 6) is 0.174. The third-order valence-corrected chi connectivity index (χ3v) is 4.95. The molecule has 2 rings (SSSR count). The van der Waals surface area contributed by atoms with E-state index < -0.39 is 0 Å². The van der Waals surface area contributed by atoms with E-state index in [9.17, 15) is 4.79 Å². The zero-order valence-electron chi connectivity index (χ0n) is 14.5. The van der Waals surface area contributed by atoms with E-state index in [1.807, 2.05) is 23.1 Å². The van der Waals surface area contributed by atoms with Crippen molar-refractivity contribution in [2.75, 3.05) is 40.5 Å². The van der Waals surface area contributed by atoms with Gasteiger partial charge >= 0.3 is 0 Å². The number of unbranched alkanes of at least 4 members (excludes halogenated alkanes) is 1. The first kappa shape index (κ1) is 18.8. The van der Waals surface area contributed by atoms with E-state index in [1.165, 1.54) is 4.70 Å². The van der Waals surface area contributed by atoms with Gasteiger partial charge in [0.15, 0.2) is 0 Å². The Bertz CT molecular complexity index is 589. The van der Waals surface area contributed by atoms with Gasteiger partial charge in [-0.3, -0.25) is 4.79 Å². The van der Waals surface area contributed by atoms with Gasteiger partial charge in [-0.05, 0) is 31.4 Å². The first-order chi connectivity index (χ1) is 11.7. The molecule has 0 aliphatic rings. The van der Waals surface area contributed by atoms with Crippen molar-refractivity contribution < 1.29 is 14.3 Å². The Morgan fingerprint density at radius 3 is 2.50 bits per heavy atom. The Balaban J connectivity index is 1.73. The molecule has 1 amide bonds. The summed E-state index contributed by atoms with van der Waals surface area (Å²) in [6.45, 7) is 2.36. The normalized spacial score (nSPS) is 11.1. The van der Waals surface area contributed by atoms with Crippen molar-refractivity contribution in [3.05, 3.63) is 29.3 Å². The lowest BCUT2D eigenvalue weighted by Crippen LogP contribution is -2.36. The molecule has 0 aliphatic carbocycles. The molecule has 24 heavy (non-hydrogen) atoms. The second-order valence-electron chi connectivity index (χ2n) is 5.65. The van der Waals surface area contributed by atoms with Gasteiger partial charge in [0, 0.05) is 33.7 Å². The highest BCUT2D eigenvalue weighted by molar-refractivity contribution is 7.18. The third-order valence-electron chi connectivity index (χ3n) is 3.85. The molecule has 6 heteroatoms. The summed E-state index contributed by atoms with van der Waals surface area (Å²) in [6.07, 6.45) is 3.36. The Labute approximate surface area is 147 Å². The zero-order chi connectivity index (χ0) is 17.2. The van der Waals surface area contributed by atoms with Gasteiger partial charge in [-0.2, -0.15) is 0 Å². The smallest absolute Gasteiger partial charge is 0.222 e. The van der Waals surface area contributed by atoms with E-state index in [2.05, 4.69) is 11.1 Å². The van der Waals surface area contributed by atoms with Gasteiger partial charge in [-0.1, -0.05) is 12.1 Å². The molecule has 1 heterocycles. The molecular weight excluding hydrogens is 324 g/mol. The van der Waals surface area contributed by atoms with Crippen LogP contribution >= 0.6 is 11.3 Å². The van der Waals surface area contributed by atoms with E-state index >= 15 is 0 Å². The van der Waals surface area contributed by atoms with Gasteiger partial charge in [0.25, 0.3) is 0 Å². The van der Waals surface area contributed by atoms with Gasteiger partial charge in [-0.25, -0.2) is 4.98 Å². The Morgan fingerprint density at radius 2 is 1.83 bits per heavy atom. The lowest BCUT2D eigenvalue weighted by Gasteiger charge is -2.22. The number of aromatic nitrogens is 1. The molecule has 1 aromatic heterocycles. The summed E-state index contributed by atoms with van der Waals surface area (Å²) in [5, 5.41) is 1.15. The molecule has 0 saturated carbocycles. The molecule has 0 saturated heterocycles. The second kappa shape index (κ2) is 10.4. The lowest BCUT2D eigenvalue weighted by molar-refractivity contribution is -0.132. The van der Waals surface area contributed by atoms with Crippen LogP contribution in [0.4, 0.5) is 0 Å². The molecule has 0 radical (unpaired) electrons. The predicted octanol–water partition coefficient (Wildman–Crippen LogP) is 3.13. The van der Waals surface area contributed by atoms with Crippen LogP contribution < -0.4 is 0 Å². The van der Waals surface area contributed by atoms with Crippen molar-refractivity contribution in [1.82, 2.24) is 9.88 Å². The number of aryl methyl sites for hydroxylation is 1. The number of carbonyl (C=O) groups excluding carboxylic acids is 1. The number of rotatable bonds is 11. The number of ether oxygens (including phenoxy) is 2. The molecule has 0 spiro atoms. The number of fused-ring (bicyclic) bond motifs is 1. The molecule has 0 N–H and O–H groups in total. The molecule has 0 unspecified atom stereocenters. The molecule has 0 fully saturated rings.